The number of amides is 1. The number of carbonyl (C=O) groups excluding carboxylic acids is 3. The maximum atomic E-state index is 13.7. The van der Waals surface area contributed by atoms with Crippen LogP contribution in [-0.4, -0.2) is 64.5 Å². The molecular weight excluding hydrogens is 582 g/mol. The predicted molar refractivity (Wildman–Crippen MR) is 166 cm³/mol. The average molecular weight is 628 g/mol. The van der Waals surface area contributed by atoms with Gasteiger partial charge in [-0.05, 0) is 57.2 Å². The molecular formula is C34H45NO10. The molecule has 11 nitrogen and oxygen atoms in total. The highest BCUT2D eigenvalue weighted by atomic mass is 16.6. The fraction of sp³-hybridized carbons (Fsp3) is 0.559. The maximum absolute atomic E-state index is 13.7. The highest BCUT2D eigenvalue weighted by Gasteiger charge is 2.36. The average Bonchev–Trinajstić information content (AvgIpc) is 3.00. The summed E-state index contributed by atoms with van der Waals surface area (Å²) in [5.41, 5.74) is 0.292. The zero-order valence-electron chi connectivity index (χ0n) is 27.3. The van der Waals surface area contributed by atoms with Gasteiger partial charge in [0.15, 0.2) is 28.8 Å². The van der Waals surface area contributed by atoms with E-state index >= 15 is 0 Å². The van der Waals surface area contributed by atoms with Gasteiger partial charge in [0.05, 0.1) is 41.0 Å². The molecule has 2 atom stereocenters. The van der Waals surface area contributed by atoms with Crippen molar-refractivity contribution in [2.75, 3.05) is 35.0 Å². The summed E-state index contributed by atoms with van der Waals surface area (Å²) in [5.74, 6) is 0.787. The van der Waals surface area contributed by atoms with Crippen LogP contribution in [0.5, 0.6) is 34.5 Å². The molecule has 0 saturated heterocycles. The van der Waals surface area contributed by atoms with Crippen LogP contribution in [0.3, 0.4) is 0 Å². The van der Waals surface area contributed by atoms with Gasteiger partial charge in [0.2, 0.25) is 5.75 Å². The highest BCUT2D eigenvalue weighted by molar-refractivity contribution is 6.05. The number of benzene rings is 2. The summed E-state index contributed by atoms with van der Waals surface area (Å²) in [7, 11) is 5.91. The molecule has 1 heterocycles. The van der Waals surface area contributed by atoms with Crippen LogP contribution in [0, 0.1) is 11.8 Å². The van der Waals surface area contributed by atoms with Crippen molar-refractivity contribution in [3.8, 4) is 34.5 Å². The largest absolute Gasteiger partial charge is 0.493 e. The van der Waals surface area contributed by atoms with Gasteiger partial charge in [0.1, 0.15) is 23.0 Å². The molecule has 0 radical (unpaired) electrons. The number of alkyl carbamates (subject to hydrolysis) is 1. The Kier molecular flexibility index (Phi) is 11.1. The van der Waals surface area contributed by atoms with Crippen molar-refractivity contribution in [1.29, 1.82) is 0 Å². The third-order valence-electron chi connectivity index (χ3n) is 8.04. The Morgan fingerprint density at radius 1 is 0.911 bits per heavy atom. The van der Waals surface area contributed by atoms with E-state index in [-0.39, 0.29) is 35.4 Å². The van der Waals surface area contributed by atoms with Gasteiger partial charge in [-0.15, -0.1) is 0 Å². The summed E-state index contributed by atoms with van der Waals surface area (Å²) in [6.07, 6.45) is 5.40. The fourth-order valence-corrected chi connectivity index (χ4v) is 5.91. The molecule has 1 N–H and O–H groups in total. The molecule has 1 fully saturated rings. The van der Waals surface area contributed by atoms with E-state index in [1.807, 2.05) is 6.07 Å². The lowest BCUT2D eigenvalue weighted by atomic mass is 9.85. The van der Waals surface area contributed by atoms with Crippen LogP contribution in [0.2, 0.25) is 0 Å². The van der Waals surface area contributed by atoms with Crippen LogP contribution in [0.25, 0.3) is 0 Å². The number of nitrogens with one attached hydrogen (secondary N) is 1. The van der Waals surface area contributed by atoms with Crippen molar-refractivity contribution in [2.24, 2.45) is 11.8 Å². The number of Topliss-reactive ketones (excluding diaryl/α,β-unsaturated/α-hetero) is 1. The van der Waals surface area contributed by atoms with Crippen LogP contribution < -0.4 is 33.7 Å². The molecule has 11 heteroatoms. The first-order valence-electron chi connectivity index (χ1n) is 15.4. The topological polar surface area (TPSA) is 128 Å². The molecule has 0 aromatic heterocycles. The second kappa shape index (κ2) is 14.8. The molecule has 1 saturated carbocycles. The van der Waals surface area contributed by atoms with Gasteiger partial charge >= 0.3 is 12.1 Å². The van der Waals surface area contributed by atoms with Gasteiger partial charge in [-0.2, -0.15) is 0 Å². The summed E-state index contributed by atoms with van der Waals surface area (Å²) >= 11 is 0. The van der Waals surface area contributed by atoms with Crippen LogP contribution in [0.1, 0.15) is 75.2 Å². The van der Waals surface area contributed by atoms with E-state index in [0.717, 1.165) is 31.2 Å². The van der Waals surface area contributed by atoms with Gasteiger partial charge < -0.3 is 38.5 Å². The Morgan fingerprint density at radius 2 is 1.60 bits per heavy atom. The monoisotopic (exact) mass is 627 g/mol. The van der Waals surface area contributed by atoms with Crippen molar-refractivity contribution < 1.29 is 47.5 Å². The van der Waals surface area contributed by atoms with Crippen LogP contribution >= 0.6 is 0 Å². The number of fused-ring (bicyclic) bond motifs is 1. The van der Waals surface area contributed by atoms with Crippen molar-refractivity contribution in [2.45, 2.75) is 77.4 Å². The normalized spacial score (nSPS) is 17.3. The Hall–Kier alpha value is -4.15. The number of ketones is 1. The fourth-order valence-electron chi connectivity index (χ4n) is 5.91. The first-order chi connectivity index (χ1) is 21.5. The molecule has 0 bridgehead atoms. The lowest BCUT2D eigenvalue weighted by Crippen LogP contribution is -2.46. The van der Waals surface area contributed by atoms with Crippen molar-refractivity contribution in [1.82, 2.24) is 5.32 Å². The smallest absolute Gasteiger partial charge is 0.408 e. The quantitative estimate of drug-likeness (QED) is 0.237. The minimum Gasteiger partial charge on any atom is -0.493 e. The Bertz CT molecular complexity index is 1380. The SMILES string of the molecule is COc1ccc(CC2COc3cc(OC)c(OC)c(OC)c3C2=O)cc1OC(=O)[C@H](CC1CCCCC1)NC(=O)OC(C)(C)C. The standard InChI is InChI=1S/C34H45NO10/c1-34(2,3)45-33(38)35-23(16-20-11-9-8-10-12-20)32(37)44-25-17-21(13-14-24(25)39-4)15-22-19-43-26-18-27(40-5)30(41-6)31(42-7)28(26)29(22)36/h13-14,17-18,20,22-23H,8-12,15-16,19H2,1-7H3,(H,35,38)/t22?,23-/m0/s1. The third kappa shape index (κ3) is 8.32. The molecule has 246 valence electrons. The summed E-state index contributed by atoms with van der Waals surface area (Å²) in [5, 5.41) is 2.73. The maximum Gasteiger partial charge on any atom is 0.408 e. The molecule has 1 amide bonds. The van der Waals surface area contributed by atoms with Crippen molar-refractivity contribution in [3.05, 3.63) is 35.4 Å². The van der Waals surface area contributed by atoms with Gasteiger partial charge in [0, 0.05) is 6.07 Å². The number of esters is 1. The van der Waals surface area contributed by atoms with E-state index in [9.17, 15) is 14.4 Å². The first-order valence-corrected chi connectivity index (χ1v) is 15.4. The Balaban J connectivity index is 1.55. The zero-order chi connectivity index (χ0) is 32.7. The minimum absolute atomic E-state index is 0.134. The van der Waals surface area contributed by atoms with Gasteiger partial charge in [-0.3, -0.25) is 4.79 Å². The van der Waals surface area contributed by atoms with Crippen molar-refractivity contribution in [3.63, 3.8) is 0 Å². The van der Waals surface area contributed by atoms with E-state index in [2.05, 4.69) is 5.32 Å². The number of ether oxygens (including phenoxy) is 7. The highest BCUT2D eigenvalue weighted by Crippen LogP contribution is 2.47. The summed E-state index contributed by atoms with van der Waals surface area (Å²) in [6, 6.07) is 5.89. The lowest BCUT2D eigenvalue weighted by Gasteiger charge is -2.28. The van der Waals surface area contributed by atoms with Crippen molar-refractivity contribution >= 4 is 17.8 Å². The lowest BCUT2D eigenvalue weighted by molar-refractivity contribution is -0.137. The van der Waals surface area contributed by atoms with E-state index in [1.165, 1.54) is 34.9 Å². The predicted octanol–water partition coefficient (Wildman–Crippen LogP) is 5.92. The molecule has 2 aliphatic rings. The Morgan fingerprint density at radius 3 is 2.22 bits per heavy atom. The van der Waals surface area contributed by atoms with Crippen LogP contribution in [0.4, 0.5) is 4.79 Å². The van der Waals surface area contributed by atoms with E-state index < -0.39 is 29.6 Å². The molecule has 1 aliphatic carbocycles. The summed E-state index contributed by atoms with van der Waals surface area (Å²) in [6.45, 7) is 5.43. The number of rotatable bonds is 11. The number of methoxy groups -OCH3 is 4. The van der Waals surface area contributed by atoms with Gasteiger partial charge in [0.25, 0.3) is 0 Å². The second-order valence-electron chi connectivity index (χ2n) is 12.4. The zero-order valence-corrected chi connectivity index (χ0v) is 27.3. The number of hydrogen-bond acceptors (Lipinski definition) is 10. The minimum atomic E-state index is -0.902. The molecule has 4 rings (SSSR count). The van der Waals surface area contributed by atoms with Gasteiger partial charge in [-0.1, -0.05) is 38.2 Å². The number of hydrogen-bond donors (Lipinski definition) is 1. The van der Waals surface area contributed by atoms with Crippen LogP contribution in [0.15, 0.2) is 24.3 Å². The summed E-state index contributed by atoms with van der Waals surface area (Å²) in [4.78, 5) is 40.0. The number of carbonyl (C=O) groups is 3. The molecule has 1 aliphatic heterocycles. The summed E-state index contributed by atoms with van der Waals surface area (Å²) < 4.78 is 39.2. The van der Waals surface area contributed by atoms with E-state index in [4.69, 9.17) is 33.2 Å². The third-order valence-corrected chi connectivity index (χ3v) is 8.04. The second-order valence-corrected chi connectivity index (χ2v) is 12.4. The van der Waals surface area contributed by atoms with E-state index in [0.29, 0.717) is 35.8 Å². The molecule has 2 aromatic rings. The molecule has 1 unspecified atom stereocenters. The molecule has 0 spiro atoms. The first kappa shape index (κ1) is 33.7. The van der Waals surface area contributed by atoms with Gasteiger partial charge in [-0.25, -0.2) is 9.59 Å². The van der Waals surface area contributed by atoms with E-state index in [1.54, 1.807) is 39.0 Å². The molecule has 2 aromatic carbocycles. The molecule has 45 heavy (non-hydrogen) atoms. The Labute approximate surface area is 264 Å². The van der Waals surface area contributed by atoms with Crippen LogP contribution in [-0.2, 0) is 16.0 Å².